The largest absolute Gasteiger partial charge is 0.484 e. The lowest BCUT2D eigenvalue weighted by molar-refractivity contribution is -0.135. The molecule has 3 N–H and O–H groups in total. The number of hydrogen-bond donors (Lipinski definition) is 3. The van der Waals surface area contributed by atoms with Crippen molar-refractivity contribution in [1.82, 2.24) is 44.9 Å². The molecule has 0 bridgehead atoms. The fourth-order valence-corrected chi connectivity index (χ4v) is 8.93. The van der Waals surface area contributed by atoms with Gasteiger partial charge in [0.15, 0.2) is 23.6 Å². The molecule has 0 unspecified atom stereocenters. The summed E-state index contributed by atoms with van der Waals surface area (Å²) in [6.07, 6.45) is 7.75. The van der Waals surface area contributed by atoms with Crippen molar-refractivity contribution in [2.45, 2.75) is 63.5 Å². The first-order chi connectivity index (χ1) is 29.7. The van der Waals surface area contributed by atoms with Gasteiger partial charge >= 0.3 is 0 Å². The quantitative estimate of drug-likeness (QED) is 0.152. The molecule has 4 aliphatic rings. The van der Waals surface area contributed by atoms with E-state index in [9.17, 15) is 19.2 Å². The van der Waals surface area contributed by atoms with E-state index in [1.54, 1.807) is 24.5 Å². The topological polar surface area (TPSA) is 180 Å². The van der Waals surface area contributed by atoms with Gasteiger partial charge in [-0.25, -0.2) is 19.9 Å². The van der Waals surface area contributed by atoms with E-state index in [0.29, 0.717) is 41.5 Å². The molecule has 1 saturated carbocycles. The normalized spacial score (nSPS) is 21.2. The number of fused-ring (bicyclic) bond motifs is 1. The zero-order valence-electron chi connectivity index (χ0n) is 34.3. The van der Waals surface area contributed by atoms with Crippen LogP contribution in [-0.4, -0.2) is 116 Å². The van der Waals surface area contributed by atoms with Gasteiger partial charge < -0.3 is 29.7 Å². The van der Waals surface area contributed by atoms with Crippen LogP contribution in [0, 0.1) is 12.8 Å². The van der Waals surface area contributed by atoms with Gasteiger partial charge in [0.25, 0.3) is 11.8 Å². The summed E-state index contributed by atoms with van der Waals surface area (Å²) < 4.78 is 7.89. The number of hydrogen-bond acceptors (Lipinski definition) is 12. The van der Waals surface area contributed by atoms with Gasteiger partial charge in [-0.1, -0.05) is 18.2 Å². The van der Waals surface area contributed by atoms with Crippen molar-refractivity contribution < 1.29 is 23.9 Å². The Labute approximate surface area is 354 Å². The van der Waals surface area contributed by atoms with Crippen LogP contribution in [0.2, 0.25) is 0 Å². The first-order valence-electron chi connectivity index (χ1n) is 21.3. The summed E-state index contributed by atoms with van der Waals surface area (Å²) in [7, 11) is 0. The summed E-state index contributed by atoms with van der Waals surface area (Å²) in [6.45, 7) is 8.27. The van der Waals surface area contributed by atoms with Crippen molar-refractivity contribution in [1.29, 1.82) is 0 Å². The first-order valence-corrected chi connectivity index (χ1v) is 21.3. The first kappa shape index (κ1) is 40.0. The van der Waals surface area contributed by atoms with Gasteiger partial charge in [0.05, 0.1) is 12.2 Å². The number of imidazole rings is 1. The predicted molar refractivity (Wildman–Crippen MR) is 229 cm³/mol. The average Bonchev–Trinajstić information content (AvgIpc) is 3.69. The molecule has 61 heavy (non-hydrogen) atoms. The summed E-state index contributed by atoms with van der Waals surface area (Å²) in [5, 5.41) is 8.94. The van der Waals surface area contributed by atoms with Crippen LogP contribution in [0.25, 0.3) is 11.2 Å². The third-order valence-corrected chi connectivity index (χ3v) is 12.6. The SMILES string of the molecule is Cc1cccc(C(=O)NC2CC(n3cnc4c(Nc5ccc(N6CCN(CC7CCN(C(=O)COc8ccc([C@@H]9CCC(=O)NC9=O)cc8)CC7)CC6)cc5)ncnc43)C2)n1. The summed E-state index contributed by atoms with van der Waals surface area (Å²) >= 11 is 0. The highest BCUT2D eigenvalue weighted by atomic mass is 16.5. The number of carbonyl (C=O) groups is 4. The molecule has 3 saturated heterocycles. The van der Waals surface area contributed by atoms with E-state index in [2.05, 4.69) is 74.5 Å². The number of anilines is 3. The Hall–Kier alpha value is -6.42. The summed E-state index contributed by atoms with van der Waals surface area (Å²) in [5.74, 6) is 0.792. The minimum absolute atomic E-state index is 0.0112. The summed E-state index contributed by atoms with van der Waals surface area (Å²) in [4.78, 5) is 74.3. The highest BCUT2D eigenvalue weighted by molar-refractivity contribution is 6.01. The molecule has 316 valence electrons. The zero-order chi connectivity index (χ0) is 41.9. The van der Waals surface area contributed by atoms with E-state index in [0.717, 1.165) is 94.1 Å². The van der Waals surface area contributed by atoms with Gasteiger partial charge in [0, 0.05) is 81.4 Å². The second kappa shape index (κ2) is 17.7. The van der Waals surface area contributed by atoms with Crippen LogP contribution in [0.15, 0.2) is 79.4 Å². The van der Waals surface area contributed by atoms with Crippen LogP contribution in [-0.2, 0) is 14.4 Å². The molecule has 0 spiro atoms. The number of benzene rings is 2. The number of aryl methyl sites for hydroxylation is 1. The molecule has 16 heteroatoms. The predicted octanol–water partition coefficient (Wildman–Crippen LogP) is 4.37. The second-order valence-electron chi connectivity index (χ2n) is 16.7. The van der Waals surface area contributed by atoms with Crippen molar-refractivity contribution in [3.05, 3.63) is 96.3 Å². The Balaban J connectivity index is 0.689. The molecular formula is C45H51N11O5. The maximum absolute atomic E-state index is 13.0. The average molecular weight is 826 g/mol. The van der Waals surface area contributed by atoms with Gasteiger partial charge in [-0.15, -0.1) is 0 Å². The van der Waals surface area contributed by atoms with Gasteiger partial charge in [0.1, 0.15) is 17.8 Å². The Bertz CT molecular complexity index is 2380. The number of ether oxygens (including phenoxy) is 1. The maximum Gasteiger partial charge on any atom is 0.270 e. The Morgan fingerprint density at radius 1 is 0.869 bits per heavy atom. The molecule has 4 amide bonds. The van der Waals surface area contributed by atoms with E-state index < -0.39 is 0 Å². The molecule has 3 aromatic heterocycles. The second-order valence-corrected chi connectivity index (χ2v) is 16.7. The molecule has 9 rings (SSSR count). The fourth-order valence-electron chi connectivity index (χ4n) is 8.93. The van der Waals surface area contributed by atoms with Crippen molar-refractivity contribution in [3.63, 3.8) is 0 Å². The maximum atomic E-state index is 13.0. The van der Waals surface area contributed by atoms with Crippen LogP contribution in [0.4, 0.5) is 17.2 Å². The lowest BCUT2D eigenvalue weighted by Crippen LogP contribution is -2.49. The molecule has 4 fully saturated rings. The van der Waals surface area contributed by atoms with E-state index in [4.69, 9.17) is 4.74 Å². The highest BCUT2D eigenvalue weighted by Gasteiger charge is 2.34. The monoisotopic (exact) mass is 825 g/mol. The zero-order valence-corrected chi connectivity index (χ0v) is 34.3. The molecule has 2 aromatic carbocycles. The van der Waals surface area contributed by atoms with E-state index >= 15 is 0 Å². The van der Waals surface area contributed by atoms with Crippen molar-refractivity contribution >= 4 is 52.0 Å². The standard InChI is InChI=1S/C45H51N11O5/c1-29-3-2-4-38(49-29)45(60)51-33-23-35(24-33)56-28-48-41-42(46-27-47-43(41)56)50-32-7-9-34(10-8-32)54-21-19-53(20-22-54)25-30-15-17-55(18-16-30)40(58)26-61-36-11-5-31(6-12-36)37-13-14-39(57)52-44(37)59/h2-12,27-28,30,33,35,37H,13-26H2,1H3,(H,51,60)(H,46,47,50)(H,52,57,59)/t33?,35?,37-/m0/s1. The van der Waals surface area contributed by atoms with Crippen LogP contribution < -0.4 is 25.6 Å². The third kappa shape index (κ3) is 9.18. The van der Waals surface area contributed by atoms with E-state index in [1.165, 1.54) is 5.69 Å². The lowest BCUT2D eigenvalue weighted by Gasteiger charge is -2.39. The number of pyridine rings is 1. The number of imide groups is 1. The number of rotatable bonds is 12. The summed E-state index contributed by atoms with van der Waals surface area (Å²) in [5.41, 5.74) is 5.67. The van der Waals surface area contributed by atoms with Gasteiger partial charge in [-0.05, 0) is 99.0 Å². The van der Waals surface area contributed by atoms with Crippen molar-refractivity contribution in [2.75, 3.05) is 62.6 Å². The number of aromatic nitrogens is 5. The number of likely N-dealkylation sites (tertiary alicyclic amines) is 1. The summed E-state index contributed by atoms with van der Waals surface area (Å²) in [6, 6.07) is 21.4. The van der Waals surface area contributed by atoms with E-state index in [1.807, 2.05) is 42.4 Å². The lowest BCUT2D eigenvalue weighted by atomic mass is 9.86. The van der Waals surface area contributed by atoms with Gasteiger partial charge in [-0.2, -0.15) is 0 Å². The highest BCUT2D eigenvalue weighted by Crippen LogP contribution is 2.36. The molecule has 1 aliphatic carbocycles. The van der Waals surface area contributed by atoms with Crippen LogP contribution in [0.1, 0.15) is 72.2 Å². The molecule has 5 aromatic rings. The number of nitrogens with zero attached hydrogens (tertiary/aromatic N) is 8. The number of piperazine rings is 1. The molecule has 16 nitrogen and oxygen atoms in total. The van der Waals surface area contributed by atoms with Crippen LogP contribution >= 0.6 is 0 Å². The Morgan fingerprint density at radius 3 is 2.38 bits per heavy atom. The van der Waals surface area contributed by atoms with E-state index in [-0.39, 0.29) is 48.2 Å². The van der Waals surface area contributed by atoms with Crippen molar-refractivity contribution in [2.24, 2.45) is 5.92 Å². The fraction of sp³-hybridized carbons (Fsp3) is 0.422. The Kier molecular flexibility index (Phi) is 11.6. The van der Waals surface area contributed by atoms with Gasteiger partial charge in [0.2, 0.25) is 11.8 Å². The third-order valence-electron chi connectivity index (χ3n) is 12.6. The number of nitrogens with one attached hydrogen (secondary N) is 3. The minimum Gasteiger partial charge on any atom is -0.484 e. The molecule has 1 atom stereocenters. The van der Waals surface area contributed by atoms with Crippen LogP contribution in [0.3, 0.4) is 0 Å². The van der Waals surface area contributed by atoms with Crippen molar-refractivity contribution in [3.8, 4) is 5.75 Å². The number of carbonyl (C=O) groups excluding carboxylic acids is 4. The molecule has 0 radical (unpaired) electrons. The molecule has 6 heterocycles. The minimum atomic E-state index is -0.344. The smallest absolute Gasteiger partial charge is 0.270 e. The number of piperidine rings is 2. The molecular weight excluding hydrogens is 775 g/mol. The number of amides is 4. The molecule has 3 aliphatic heterocycles. The Morgan fingerprint density at radius 2 is 1.64 bits per heavy atom. The van der Waals surface area contributed by atoms with Gasteiger partial charge in [-0.3, -0.25) is 29.4 Å². The van der Waals surface area contributed by atoms with Crippen LogP contribution in [0.5, 0.6) is 5.75 Å².